The molecule has 1 amide bonds. The highest BCUT2D eigenvalue weighted by Crippen LogP contribution is 2.28. The molecule has 6 heteroatoms. The summed E-state index contributed by atoms with van der Waals surface area (Å²) < 4.78 is 24.2. The molecule has 0 saturated carbocycles. The van der Waals surface area contributed by atoms with E-state index in [4.69, 9.17) is 15.9 Å². The summed E-state index contributed by atoms with van der Waals surface area (Å²) in [4.78, 5) is 17.0. The molecule has 5 nitrogen and oxygen atoms in total. The summed E-state index contributed by atoms with van der Waals surface area (Å²) in [5.41, 5.74) is 2.35. The smallest absolute Gasteiger partial charge is 0.252 e. The number of rotatable bonds is 6. The van der Waals surface area contributed by atoms with Gasteiger partial charge in [-0.2, -0.15) is 0 Å². The summed E-state index contributed by atoms with van der Waals surface area (Å²) in [5, 5.41) is 3.47. The molecule has 28 heavy (non-hydrogen) atoms. The standard InChI is InChI=1S/C22H19FN2O3/c1-4-9-28-21-11-15(5-8-20(21)27-3)13-24-22(26)18-10-14(2)25-19-12-16(23)6-7-17(18)19/h1,5-8,10-12H,9,13H2,2-3H3,(H,24,26). The zero-order valence-electron chi connectivity index (χ0n) is 15.6. The molecule has 3 rings (SSSR count). The molecule has 0 saturated heterocycles. The van der Waals surface area contributed by atoms with Gasteiger partial charge in [0.15, 0.2) is 11.5 Å². The van der Waals surface area contributed by atoms with Crippen molar-refractivity contribution >= 4 is 16.8 Å². The van der Waals surface area contributed by atoms with Crippen molar-refractivity contribution in [1.82, 2.24) is 10.3 Å². The number of hydrogen-bond donors (Lipinski definition) is 1. The summed E-state index contributed by atoms with van der Waals surface area (Å²) in [6.45, 7) is 2.16. The Bertz CT molecular complexity index is 1070. The molecule has 0 fully saturated rings. The third-order valence-corrected chi connectivity index (χ3v) is 4.14. The normalized spacial score (nSPS) is 10.4. The molecule has 0 aliphatic carbocycles. The number of hydrogen-bond acceptors (Lipinski definition) is 4. The molecule has 142 valence electrons. The van der Waals surface area contributed by atoms with E-state index in [2.05, 4.69) is 16.2 Å². The Morgan fingerprint density at radius 2 is 2.04 bits per heavy atom. The van der Waals surface area contributed by atoms with Gasteiger partial charge in [-0.25, -0.2) is 4.39 Å². The Morgan fingerprint density at radius 3 is 2.79 bits per heavy atom. The first kappa shape index (κ1) is 19.2. The number of amides is 1. The van der Waals surface area contributed by atoms with Crippen LogP contribution in [0.15, 0.2) is 42.5 Å². The van der Waals surface area contributed by atoms with Crippen LogP contribution in [0.3, 0.4) is 0 Å². The zero-order chi connectivity index (χ0) is 20.1. The maximum atomic E-state index is 13.5. The van der Waals surface area contributed by atoms with Crippen molar-refractivity contribution in [2.45, 2.75) is 13.5 Å². The summed E-state index contributed by atoms with van der Waals surface area (Å²) in [5.74, 6) is 2.80. The number of aromatic nitrogens is 1. The molecular weight excluding hydrogens is 359 g/mol. The molecule has 0 radical (unpaired) electrons. The Balaban J connectivity index is 1.81. The average molecular weight is 378 g/mol. The van der Waals surface area contributed by atoms with Crippen molar-refractivity contribution in [3.8, 4) is 23.8 Å². The molecule has 0 atom stereocenters. The second kappa shape index (κ2) is 8.40. The third kappa shape index (κ3) is 4.21. The molecule has 1 N–H and O–H groups in total. The summed E-state index contributed by atoms with van der Waals surface area (Å²) >= 11 is 0. The SMILES string of the molecule is C#CCOc1cc(CNC(=O)c2cc(C)nc3cc(F)ccc23)ccc1OC. The Hall–Kier alpha value is -3.59. The van der Waals surface area contributed by atoms with E-state index in [0.29, 0.717) is 33.7 Å². The topological polar surface area (TPSA) is 60.5 Å². The van der Waals surface area contributed by atoms with Crippen LogP contribution in [0.5, 0.6) is 11.5 Å². The van der Waals surface area contributed by atoms with E-state index < -0.39 is 5.82 Å². The van der Waals surface area contributed by atoms with Crippen molar-refractivity contribution in [1.29, 1.82) is 0 Å². The van der Waals surface area contributed by atoms with Crippen molar-refractivity contribution < 1.29 is 18.7 Å². The predicted molar refractivity (Wildman–Crippen MR) is 105 cm³/mol. The minimum absolute atomic E-state index is 0.116. The number of terminal acetylenes is 1. The largest absolute Gasteiger partial charge is 0.493 e. The number of nitrogens with zero attached hydrogens (tertiary/aromatic N) is 1. The van der Waals surface area contributed by atoms with E-state index in [0.717, 1.165) is 5.56 Å². The predicted octanol–water partition coefficient (Wildman–Crippen LogP) is 3.63. The van der Waals surface area contributed by atoms with Crippen LogP contribution in [0.25, 0.3) is 10.9 Å². The van der Waals surface area contributed by atoms with Crippen LogP contribution in [-0.4, -0.2) is 24.6 Å². The first-order chi connectivity index (χ1) is 13.5. The van der Waals surface area contributed by atoms with E-state index in [1.54, 1.807) is 38.3 Å². The van der Waals surface area contributed by atoms with Gasteiger partial charge in [0, 0.05) is 23.7 Å². The minimum Gasteiger partial charge on any atom is -0.493 e. The van der Waals surface area contributed by atoms with Gasteiger partial charge in [-0.15, -0.1) is 6.42 Å². The van der Waals surface area contributed by atoms with E-state index in [9.17, 15) is 9.18 Å². The summed E-state index contributed by atoms with van der Waals surface area (Å²) in [6, 6.07) is 11.2. The van der Waals surface area contributed by atoms with E-state index in [-0.39, 0.29) is 19.1 Å². The monoisotopic (exact) mass is 378 g/mol. The fourth-order valence-corrected chi connectivity index (χ4v) is 2.86. The Morgan fingerprint density at radius 1 is 1.21 bits per heavy atom. The molecule has 1 heterocycles. The van der Waals surface area contributed by atoms with Crippen LogP contribution in [0.2, 0.25) is 0 Å². The lowest BCUT2D eigenvalue weighted by atomic mass is 10.1. The molecule has 0 aliphatic heterocycles. The molecule has 0 aliphatic rings. The molecule has 0 spiro atoms. The number of carbonyl (C=O) groups excluding carboxylic acids is 1. The van der Waals surface area contributed by atoms with Gasteiger partial charge in [0.05, 0.1) is 18.2 Å². The van der Waals surface area contributed by atoms with E-state index >= 15 is 0 Å². The first-order valence-electron chi connectivity index (χ1n) is 8.60. The van der Waals surface area contributed by atoms with Crippen LogP contribution in [0.1, 0.15) is 21.6 Å². The second-order valence-electron chi connectivity index (χ2n) is 6.13. The van der Waals surface area contributed by atoms with Gasteiger partial charge in [0.2, 0.25) is 0 Å². The number of ether oxygens (including phenoxy) is 2. The van der Waals surface area contributed by atoms with Gasteiger partial charge >= 0.3 is 0 Å². The summed E-state index contributed by atoms with van der Waals surface area (Å²) in [7, 11) is 1.54. The van der Waals surface area contributed by atoms with Crippen molar-refractivity contribution in [2.24, 2.45) is 0 Å². The highest BCUT2D eigenvalue weighted by molar-refractivity contribution is 6.06. The molecule has 0 bridgehead atoms. The molecule has 2 aromatic carbocycles. The van der Waals surface area contributed by atoms with Crippen molar-refractivity contribution in [2.75, 3.05) is 13.7 Å². The fraction of sp³-hybridized carbons (Fsp3) is 0.182. The van der Waals surface area contributed by atoms with Gasteiger partial charge in [-0.05, 0) is 42.8 Å². The molecule has 3 aromatic rings. The maximum absolute atomic E-state index is 13.5. The first-order valence-corrected chi connectivity index (χ1v) is 8.60. The van der Waals surface area contributed by atoms with E-state index in [1.807, 2.05) is 6.07 Å². The number of halogens is 1. The number of benzene rings is 2. The van der Waals surface area contributed by atoms with Gasteiger partial charge in [0.25, 0.3) is 5.91 Å². The van der Waals surface area contributed by atoms with Gasteiger partial charge in [0.1, 0.15) is 12.4 Å². The minimum atomic E-state index is -0.394. The third-order valence-electron chi connectivity index (χ3n) is 4.14. The van der Waals surface area contributed by atoms with Gasteiger partial charge in [-0.3, -0.25) is 9.78 Å². The quantitative estimate of drug-likeness (QED) is 0.666. The fourth-order valence-electron chi connectivity index (χ4n) is 2.86. The molecule has 1 aromatic heterocycles. The maximum Gasteiger partial charge on any atom is 0.252 e. The molecule has 0 unspecified atom stereocenters. The van der Waals surface area contributed by atoms with Gasteiger partial charge < -0.3 is 14.8 Å². The Labute approximate surface area is 162 Å². The second-order valence-corrected chi connectivity index (χ2v) is 6.13. The number of methoxy groups -OCH3 is 1. The lowest BCUT2D eigenvalue weighted by molar-refractivity contribution is 0.0952. The number of aryl methyl sites for hydroxylation is 1. The number of nitrogens with one attached hydrogen (secondary N) is 1. The lowest BCUT2D eigenvalue weighted by Crippen LogP contribution is -2.23. The summed E-state index contributed by atoms with van der Waals surface area (Å²) in [6.07, 6.45) is 5.23. The van der Waals surface area contributed by atoms with Crippen molar-refractivity contribution in [3.05, 3.63) is 65.1 Å². The number of carbonyl (C=O) groups is 1. The average Bonchev–Trinajstić information content (AvgIpc) is 2.69. The zero-order valence-corrected chi connectivity index (χ0v) is 15.6. The van der Waals surface area contributed by atoms with Crippen LogP contribution in [-0.2, 0) is 6.54 Å². The van der Waals surface area contributed by atoms with E-state index in [1.165, 1.54) is 12.1 Å². The van der Waals surface area contributed by atoms with Crippen LogP contribution in [0, 0.1) is 25.1 Å². The van der Waals surface area contributed by atoms with Crippen molar-refractivity contribution in [3.63, 3.8) is 0 Å². The van der Waals surface area contributed by atoms with Crippen LogP contribution < -0.4 is 14.8 Å². The molecular formula is C22H19FN2O3. The number of pyridine rings is 1. The highest BCUT2D eigenvalue weighted by Gasteiger charge is 2.13. The Kier molecular flexibility index (Phi) is 5.75. The number of fused-ring (bicyclic) bond motifs is 1. The van der Waals surface area contributed by atoms with Gasteiger partial charge in [-0.1, -0.05) is 12.0 Å². The van der Waals surface area contributed by atoms with Crippen LogP contribution in [0.4, 0.5) is 4.39 Å². The highest BCUT2D eigenvalue weighted by atomic mass is 19.1. The van der Waals surface area contributed by atoms with Crippen LogP contribution >= 0.6 is 0 Å². The lowest BCUT2D eigenvalue weighted by Gasteiger charge is -2.12.